The van der Waals surface area contributed by atoms with Crippen molar-refractivity contribution in [1.29, 1.82) is 0 Å². The van der Waals surface area contributed by atoms with E-state index in [0.29, 0.717) is 18.7 Å². The van der Waals surface area contributed by atoms with Gasteiger partial charge in [0.05, 0.1) is 6.54 Å². The van der Waals surface area contributed by atoms with Crippen molar-refractivity contribution < 1.29 is 4.79 Å². The van der Waals surface area contributed by atoms with Crippen LogP contribution in [0.15, 0.2) is 53.5 Å². The van der Waals surface area contributed by atoms with Crippen molar-refractivity contribution in [2.45, 2.75) is 52.7 Å². The number of aliphatic imine (C=N–C) groups is 1. The van der Waals surface area contributed by atoms with Crippen LogP contribution >= 0.6 is 24.0 Å². The summed E-state index contributed by atoms with van der Waals surface area (Å²) in [5.74, 6) is 0.741. The molecule has 2 aromatic carbocycles. The SMILES string of the molecule is CCCNC(=O)c1cccc(CN=C(NCC)NCc2ccc(CN3CCCC3)cc2)c1.I. The summed E-state index contributed by atoms with van der Waals surface area (Å²) in [4.78, 5) is 19.4. The lowest BCUT2D eigenvalue weighted by Gasteiger charge is -2.15. The molecule has 0 atom stereocenters. The van der Waals surface area contributed by atoms with Crippen LogP contribution in [-0.2, 0) is 19.6 Å². The first kappa shape index (κ1) is 27.1. The molecule has 7 heteroatoms. The Labute approximate surface area is 215 Å². The number of nitrogens with one attached hydrogen (secondary N) is 3. The maximum absolute atomic E-state index is 12.2. The molecule has 33 heavy (non-hydrogen) atoms. The fourth-order valence-electron chi connectivity index (χ4n) is 3.81. The Morgan fingerprint density at radius 1 is 0.939 bits per heavy atom. The molecule has 3 N–H and O–H groups in total. The molecule has 0 aromatic heterocycles. The van der Waals surface area contributed by atoms with E-state index in [1.54, 1.807) is 0 Å². The van der Waals surface area contributed by atoms with Gasteiger partial charge in [-0.1, -0.05) is 43.3 Å². The molecule has 180 valence electrons. The Hall–Kier alpha value is -2.13. The Morgan fingerprint density at radius 2 is 1.67 bits per heavy atom. The van der Waals surface area contributed by atoms with Gasteiger partial charge in [-0.3, -0.25) is 9.69 Å². The smallest absolute Gasteiger partial charge is 0.251 e. The minimum atomic E-state index is -0.0316. The second-order valence-corrected chi connectivity index (χ2v) is 8.30. The van der Waals surface area contributed by atoms with E-state index in [9.17, 15) is 4.79 Å². The van der Waals surface area contributed by atoms with Gasteiger partial charge in [-0.05, 0) is 68.1 Å². The zero-order valence-corrected chi connectivity index (χ0v) is 22.2. The minimum absolute atomic E-state index is 0. The van der Waals surface area contributed by atoms with Gasteiger partial charge >= 0.3 is 0 Å². The molecular formula is C26H38IN5O. The van der Waals surface area contributed by atoms with Crippen LogP contribution in [0, 0.1) is 0 Å². The molecule has 1 fully saturated rings. The minimum Gasteiger partial charge on any atom is -0.357 e. The first-order chi connectivity index (χ1) is 15.7. The lowest BCUT2D eigenvalue weighted by Crippen LogP contribution is -2.36. The van der Waals surface area contributed by atoms with Crippen molar-refractivity contribution >= 4 is 35.8 Å². The van der Waals surface area contributed by atoms with Crippen molar-refractivity contribution in [2.24, 2.45) is 4.99 Å². The maximum atomic E-state index is 12.2. The maximum Gasteiger partial charge on any atom is 0.251 e. The Kier molecular flexibility index (Phi) is 12.2. The van der Waals surface area contributed by atoms with Crippen LogP contribution < -0.4 is 16.0 Å². The normalized spacial score (nSPS) is 13.9. The molecule has 0 radical (unpaired) electrons. The number of nitrogens with zero attached hydrogens (tertiary/aromatic N) is 2. The number of carbonyl (C=O) groups excluding carboxylic acids is 1. The summed E-state index contributed by atoms with van der Waals surface area (Å²) in [5, 5.41) is 9.64. The van der Waals surface area contributed by atoms with Gasteiger partial charge in [0.2, 0.25) is 0 Å². The van der Waals surface area contributed by atoms with Crippen LogP contribution in [0.1, 0.15) is 60.2 Å². The average molecular weight is 564 g/mol. The van der Waals surface area contributed by atoms with Crippen molar-refractivity contribution in [2.75, 3.05) is 26.2 Å². The molecule has 1 aliphatic rings. The quantitative estimate of drug-likeness (QED) is 0.229. The van der Waals surface area contributed by atoms with E-state index in [4.69, 9.17) is 4.99 Å². The molecule has 1 amide bonds. The number of hydrogen-bond acceptors (Lipinski definition) is 3. The van der Waals surface area contributed by atoms with Gasteiger partial charge < -0.3 is 16.0 Å². The number of guanidine groups is 1. The summed E-state index contributed by atoms with van der Waals surface area (Å²) in [6, 6.07) is 16.5. The molecule has 1 heterocycles. The Balaban J connectivity index is 0.00000385. The van der Waals surface area contributed by atoms with Gasteiger partial charge in [0.15, 0.2) is 5.96 Å². The molecule has 0 unspecified atom stereocenters. The molecule has 1 saturated heterocycles. The van der Waals surface area contributed by atoms with Gasteiger partial charge in [-0.25, -0.2) is 4.99 Å². The molecule has 1 aliphatic heterocycles. The summed E-state index contributed by atoms with van der Waals surface area (Å²) < 4.78 is 0. The highest BCUT2D eigenvalue weighted by atomic mass is 127. The highest BCUT2D eigenvalue weighted by Gasteiger charge is 2.11. The van der Waals surface area contributed by atoms with Crippen LogP contribution in [0.3, 0.4) is 0 Å². The first-order valence-corrected chi connectivity index (χ1v) is 11.9. The van der Waals surface area contributed by atoms with Crippen molar-refractivity contribution in [3.63, 3.8) is 0 Å². The molecule has 0 spiro atoms. The van der Waals surface area contributed by atoms with Gasteiger partial charge in [-0.2, -0.15) is 0 Å². The van der Waals surface area contributed by atoms with E-state index in [-0.39, 0.29) is 29.9 Å². The Bertz CT molecular complexity index is 879. The molecule has 6 nitrogen and oxygen atoms in total. The highest BCUT2D eigenvalue weighted by Crippen LogP contribution is 2.13. The number of rotatable bonds is 10. The summed E-state index contributed by atoms with van der Waals surface area (Å²) in [6.45, 7) is 10.3. The largest absolute Gasteiger partial charge is 0.357 e. The number of likely N-dealkylation sites (tertiary alicyclic amines) is 1. The summed E-state index contributed by atoms with van der Waals surface area (Å²) >= 11 is 0. The highest BCUT2D eigenvalue weighted by molar-refractivity contribution is 14.0. The number of benzene rings is 2. The summed E-state index contributed by atoms with van der Waals surface area (Å²) in [6.07, 6.45) is 3.57. The second-order valence-electron chi connectivity index (χ2n) is 8.30. The average Bonchev–Trinajstić information content (AvgIpc) is 3.33. The zero-order chi connectivity index (χ0) is 22.6. The number of halogens is 1. The molecule has 0 saturated carbocycles. The van der Waals surface area contributed by atoms with Gasteiger partial charge in [-0.15, -0.1) is 24.0 Å². The van der Waals surface area contributed by atoms with E-state index in [2.05, 4.69) is 52.0 Å². The fraction of sp³-hybridized carbons (Fsp3) is 0.462. The number of carbonyl (C=O) groups is 1. The standard InChI is InChI=1S/C26H37N5O.HI/c1-3-14-28-25(32)24-9-7-8-23(17-24)19-30-26(27-4-2)29-18-21-10-12-22(13-11-21)20-31-15-5-6-16-31;/h7-13,17H,3-6,14-16,18-20H2,1-2H3,(H,28,32)(H2,27,29,30);1H. The lowest BCUT2D eigenvalue weighted by atomic mass is 10.1. The van der Waals surface area contributed by atoms with Gasteiger partial charge in [0.1, 0.15) is 0 Å². The van der Waals surface area contributed by atoms with E-state index in [1.165, 1.54) is 37.1 Å². The van der Waals surface area contributed by atoms with E-state index >= 15 is 0 Å². The van der Waals surface area contributed by atoms with E-state index in [1.807, 2.05) is 31.2 Å². The third-order valence-electron chi connectivity index (χ3n) is 5.58. The van der Waals surface area contributed by atoms with E-state index < -0.39 is 0 Å². The topological polar surface area (TPSA) is 68.8 Å². The number of amides is 1. The second kappa shape index (κ2) is 14.9. The molecular weight excluding hydrogens is 525 g/mol. The zero-order valence-electron chi connectivity index (χ0n) is 19.9. The van der Waals surface area contributed by atoms with Gasteiger partial charge in [0.25, 0.3) is 5.91 Å². The van der Waals surface area contributed by atoms with E-state index in [0.717, 1.165) is 37.6 Å². The molecule has 0 bridgehead atoms. The van der Waals surface area contributed by atoms with Crippen LogP contribution in [0.2, 0.25) is 0 Å². The molecule has 2 aromatic rings. The van der Waals surface area contributed by atoms with Crippen LogP contribution in [0.4, 0.5) is 0 Å². The van der Waals surface area contributed by atoms with Crippen molar-refractivity contribution in [3.8, 4) is 0 Å². The Morgan fingerprint density at radius 3 is 2.36 bits per heavy atom. The third kappa shape index (κ3) is 9.33. The number of hydrogen-bond donors (Lipinski definition) is 3. The van der Waals surface area contributed by atoms with Crippen LogP contribution in [-0.4, -0.2) is 42.9 Å². The lowest BCUT2D eigenvalue weighted by molar-refractivity contribution is 0.0953. The molecule has 3 rings (SSSR count). The third-order valence-corrected chi connectivity index (χ3v) is 5.58. The van der Waals surface area contributed by atoms with Crippen LogP contribution in [0.25, 0.3) is 0 Å². The summed E-state index contributed by atoms with van der Waals surface area (Å²) in [5.41, 5.74) is 4.30. The monoisotopic (exact) mass is 563 g/mol. The summed E-state index contributed by atoms with van der Waals surface area (Å²) in [7, 11) is 0. The predicted molar refractivity (Wildman–Crippen MR) is 147 cm³/mol. The van der Waals surface area contributed by atoms with Crippen molar-refractivity contribution in [1.82, 2.24) is 20.9 Å². The van der Waals surface area contributed by atoms with Gasteiger partial charge in [0, 0.05) is 31.7 Å². The predicted octanol–water partition coefficient (Wildman–Crippen LogP) is 4.30. The molecule has 0 aliphatic carbocycles. The van der Waals surface area contributed by atoms with Crippen LogP contribution in [0.5, 0.6) is 0 Å². The van der Waals surface area contributed by atoms with Crippen molar-refractivity contribution in [3.05, 3.63) is 70.8 Å². The first-order valence-electron chi connectivity index (χ1n) is 11.9. The fourth-order valence-corrected chi connectivity index (χ4v) is 3.81.